The van der Waals surface area contributed by atoms with Crippen molar-refractivity contribution >= 4 is 17.5 Å². The van der Waals surface area contributed by atoms with Gasteiger partial charge in [0.1, 0.15) is 11.8 Å². The summed E-state index contributed by atoms with van der Waals surface area (Å²) >= 11 is 0. The number of hydrogen-bond donors (Lipinski definition) is 4. The molecule has 32 heavy (non-hydrogen) atoms. The third-order valence-corrected chi connectivity index (χ3v) is 5.21. The van der Waals surface area contributed by atoms with Gasteiger partial charge in [-0.05, 0) is 23.8 Å². The number of nitrogens with one attached hydrogen (secondary N) is 4. The van der Waals surface area contributed by atoms with Crippen LogP contribution in [-0.4, -0.2) is 36.0 Å². The summed E-state index contributed by atoms with van der Waals surface area (Å²) in [6, 6.07) is 10.2. The second-order valence-corrected chi connectivity index (χ2v) is 7.19. The van der Waals surface area contributed by atoms with Crippen molar-refractivity contribution in [1.29, 1.82) is 0 Å². The van der Waals surface area contributed by atoms with Crippen molar-refractivity contribution in [2.24, 2.45) is 0 Å². The lowest BCUT2D eigenvalue weighted by Gasteiger charge is -2.29. The first kappa shape index (κ1) is 21.7. The van der Waals surface area contributed by atoms with Crippen LogP contribution in [0.2, 0.25) is 0 Å². The van der Waals surface area contributed by atoms with Crippen LogP contribution in [-0.2, 0) is 22.3 Å². The van der Waals surface area contributed by atoms with E-state index in [1.165, 1.54) is 30.3 Å². The van der Waals surface area contributed by atoms with Gasteiger partial charge in [0.05, 0.1) is 18.4 Å². The average Bonchev–Trinajstić information content (AvgIpc) is 3.22. The monoisotopic (exact) mass is 447 g/mol. The van der Waals surface area contributed by atoms with Crippen molar-refractivity contribution in [1.82, 2.24) is 26.6 Å². The molecule has 2 aliphatic rings. The average molecular weight is 447 g/mol. The van der Waals surface area contributed by atoms with Crippen LogP contribution in [0, 0.1) is 0 Å². The standard InChI is InChI=1S/C21H20F3N5O3/c1-32-16-9-5-3-7-13(16)15-11-29-18(20(31)26-15)17(27-28-29)19(30)25-10-12-6-2-4-8-14(12)21(22,23)24/h2-9,11,17-18,27-28H,10H2,1H3,(H,25,30)(H,26,31). The number of hydrogen-bond acceptors (Lipinski definition) is 6. The Kier molecular flexibility index (Phi) is 5.76. The molecule has 2 unspecified atom stereocenters. The number of carbonyl (C=O) groups excluding carboxylic acids is 2. The molecular formula is C21H20F3N5O3. The molecule has 1 saturated heterocycles. The molecule has 0 radical (unpaired) electrons. The molecule has 4 N–H and O–H groups in total. The van der Waals surface area contributed by atoms with Crippen LogP contribution < -0.4 is 26.3 Å². The summed E-state index contributed by atoms with van der Waals surface area (Å²) in [5, 5.41) is 6.68. The maximum atomic E-state index is 13.2. The molecule has 8 nitrogen and oxygen atoms in total. The predicted molar refractivity (Wildman–Crippen MR) is 108 cm³/mol. The summed E-state index contributed by atoms with van der Waals surface area (Å²) in [6.07, 6.45) is -2.92. The van der Waals surface area contributed by atoms with Crippen LogP contribution in [0.25, 0.3) is 5.70 Å². The highest BCUT2D eigenvalue weighted by atomic mass is 19.4. The molecule has 4 rings (SSSR count). The van der Waals surface area contributed by atoms with Crippen molar-refractivity contribution in [3.63, 3.8) is 0 Å². The SMILES string of the molecule is COc1ccccc1C1=CN2NNC(C(=O)NCc3ccccc3C(F)(F)F)C2C(=O)N1. The van der Waals surface area contributed by atoms with Gasteiger partial charge in [0.25, 0.3) is 5.91 Å². The molecule has 2 atom stereocenters. The molecule has 2 aliphatic heterocycles. The molecule has 0 aliphatic carbocycles. The maximum absolute atomic E-state index is 13.2. The molecule has 0 bridgehead atoms. The van der Waals surface area contributed by atoms with E-state index < -0.39 is 35.6 Å². The molecule has 0 aromatic heterocycles. The van der Waals surface area contributed by atoms with Gasteiger partial charge < -0.3 is 15.4 Å². The lowest BCUT2D eigenvalue weighted by molar-refractivity contribution is -0.138. The van der Waals surface area contributed by atoms with Gasteiger partial charge in [0, 0.05) is 18.3 Å². The van der Waals surface area contributed by atoms with Gasteiger partial charge in [0.2, 0.25) is 5.91 Å². The number of amides is 2. The topological polar surface area (TPSA) is 94.7 Å². The van der Waals surface area contributed by atoms with Gasteiger partial charge in [-0.2, -0.15) is 18.7 Å². The number of carbonyl (C=O) groups is 2. The van der Waals surface area contributed by atoms with E-state index in [1.54, 1.807) is 30.5 Å². The number of hydrazine groups is 2. The number of para-hydroxylation sites is 1. The number of fused-ring (bicyclic) bond motifs is 1. The number of rotatable bonds is 5. The van der Waals surface area contributed by atoms with E-state index >= 15 is 0 Å². The minimum atomic E-state index is -4.53. The van der Waals surface area contributed by atoms with E-state index in [2.05, 4.69) is 21.6 Å². The zero-order chi connectivity index (χ0) is 22.9. The Morgan fingerprint density at radius 2 is 1.88 bits per heavy atom. The minimum absolute atomic E-state index is 0.0670. The van der Waals surface area contributed by atoms with E-state index in [0.29, 0.717) is 17.0 Å². The van der Waals surface area contributed by atoms with Crippen molar-refractivity contribution in [2.75, 3.05) is 7.11 Å². The largest absolute Gasteiger partial charge is 0.496 e. The smallest absolute Gasteiger partial charge is 0.416 e. The highest BCUT2D eigenvalue weighted by molar-refractivity contribution is 5.98. The fraction of sp³-hybridized carbons (Fsp3) is 0.238. The molecule has 2 heterocycles. The van der Waals surface area contributed by atoms with Crippen molar-refractivity contribution in [3.8, 4) is 5.75 Å². The summed E-state index contributed by atoms with van der Waals surface area (Å²) in [7, 11) is 1.51. The van der Waals surface area contributed by atoms with E-state index in [9.17, 15) is 22.8 Å². The molecule has 0 saturated carbocycles. The number of methoxy groups -OCH3 is 1. The Balaban J connectivity index is 1.48. The lowest BCUT2D eigenvalue weighted by atomic mass is 10.0. The van der Waals surface area contributed by atoms with E-state index in [4.69, 9.17) is 4.74 Å². The zero-order valence-corrected chi connectivity index (χ0v) is 16.9. The first-order valence-electron chi connectivity index (χ1n) is 9.68. The van der Waals surface area contributed by atoms with Crippen LogP contribution in [0.3, 0.4) is 0 Å². The quantitative estimate of drug-likeness (QED) is 0.556. The molecule has 2 aromatic carbocycles. The van der Waals surface area contributed by atoms with Crippen LogP contribution >= 0.6 is 0 Å². The second kappa shape index (κ2) is 8.52. The molecule has 2 amide bonds. The summed E-state index contributed by atoms with van der Waals surface area (Å²) in [6.45, 7) is -0.330. The van der Waals surface area contributed by atoms with Gasteiger partial charge >= 0.3 is 6.18 Å². The van der Waals surface area contributed by atoms with Crippen molar-refractivity contribution in [2.45, 2.75) is 24.8 Å². The number of nitrogens with zero attached hydrogens (tertiary/aromatic N) is 1. The number of benzene rings is 2. The van der Waals surface area contributed by atoms with Crippen LogP contribution in [0.1, 0.15) is 16.7 Å². The third kappa shape index (κ3) is 4.12. The zero-order valence-electron chi connectivity index (χ0n) is 16.9. The van der Waals surface area contributed by atoms with E-state index in [0.717, 1.165) is 6.07 Å². The van der Waals surface area contributed by atoms with E-state index in [1.807, 2.05) is 0 Å². The third-order valence-electron chi connectivity index (χ3n) is 5.21. The lowest BCUT2D eigenvalue weighted by Crippen LogP contribution is -2.55. The molecule has 1 fully saturated rings. The normalized spacial score (nSPS) is 20.3. The fourth-order valence-corrected chi connectivity index (χ4v) is 3.68. The van der Waals surface area contributed by atoms with Crippen LogP contribution in [0.15, 0.2) is 54.7 Å². The molecule has 168 valence electrons. The Morgan fingerprint density at radius 1 is 1.16 bits per heavy atom. The predicted octanol–water partition coefficient (Wildman–Crippen LogP) is 1.52. The highest BCUT2D eigenvalue weighted by Gasteiger charge is 2.45. The Labute approximate surface area is 181 Å². The maximum Gasteiger partial charge on any atom is 0.416 e. The summed E-state index contributed by atoms with van der Waals surface area (Å²) < 4.78 is 44.8. The molecular weight excluding hydrogens is 427 g/mol. The minimum Gasteiger partial charge on any atom is -0.496 e. The Hall–Kier alpha value is -3.57. The Morgan fingerprint density at radius 3 is 2.62 bits per heavy atom. The summed E-state index contributed by atoms with van der Waals surface area (Å²) in [4.78, 5) is 25.5. The van der Waals surface area contributed by atoms with Crippen molar-refractivity contribution in [3.05, 3.63) is 71.4 Å². The molecule has 2 aromatic rings. The number of halogens is 3. The summed E-state index contributed by atoms with van der Waals surface area (Å²) in [5.41, 5.74) is 5.71. The van der Waals surface area contributed by atoms with E-state index in [-0.39, 0.29) is 12.1 Å². The van der Waals surface area contributed by atoms with Gasteiger partial charge in [-0.15, -0.1) is 0 Å². The highest BCUT2D eigenvalue weighted by Crippen LogP contribution is 2.32. The first-order valence-corrected chi connectivity index (χ1v) is 9.68. The van der Waals surface area contributed by atoms with Gasteiger partial charge in [0.15, 0.2) is 6.04 Å². The van der Waals surface area contributed by atoms with Crippen LogP contribution in [0.5, 0.6) is 5.75 Å². The number of alkyl halides is 3. The summed E-state index contributed by atoms with van der Waals surface area (Å²) in [5.74, 6) is -0.518. The van der Waals surface area contributed by atoms with Gasteiger partial charge in [-0.3, -0.25) is 14.6 Å². The van der Waals surface area contributed by atoms with Crippen molar-refractivity contribution < 1.29 is 27.5 Å². The van der Waals surface area contributed by atoms with Gasteiger partial charge in [-0.25, -0.2) is 5.43 Å². The molecule has 0 spiro atoms. The fourth-order valence-electron chi connectivity index (χ4n) is 3.68. The van der Waals surface area contributed by atoms with Crippen LogP contribution in [0.4, 0.5) is 13.2 Å². The molecule has 11 heteroatoms. The first-order chi connectivity index (χ1) is 15.3. The van der Waals surface area contributed by atoms with Gasteiger partial charge in [-0.1, -0.05) is 30.3 Å². The number of ether oxygens (including phenoxy) is 1. The Bertz CT molecular complexity index is 1070. The second-order valence-electron chi connectivity index (χ2n) is 7.19.